The summed E-state index contributed by atoms with van der Waals surface area (Å²) in [5.74, 6) is 0.325. The number of benzene rings is 1. The van der Waals surface area contributed by atoms with E-state index in [0.29, 0.717) is 52.7 Å². The second kappa shape index (κ2) is 6.86. The van der Waals surface area contributed by atoms with Crippen molar-refractivity contribution in [2.75, 3.05) is 6.54 Å². The molecule has 2 bridgehead atoms. The molecule has 2 aliphatic carbocycles. The van der Waals surface area contributed by atoms with Gasteiger partial charge in [-0.05, 0) is 37.8 Å². The van der Waals surface area contributed by atoms with Crippen molar-refractivity contribution in [3.05, 3.63) is 39.6 Å². The van der Waals surface area contributed by atoms with Crippen LogP contribution >= 0.6 is 23.2 Å². The monoisotopic (exact) mass is 440 g/mol. The molecule has 1 amide bonds. The van der Waals surface area contributed by atoms with Gasteiger partial charge in [-0.3, -0.25) is 0 Å². The minimum Gasteiger partial charge on any atom is -0.465 e. The van der Waals surface area contributed by atoms with E-state index in [4.69, 9.17) is 32.5 Å². The average molecular weight is 441 g/mol. The van der Waals surface area contributed by atoms with E-state index in [-0.39, 0.29) is 30.4 Å². The van der Waals surface area contributed by atoms with E-state index < -0.39 is 11.8 Å². The normalized spacial score (nSPS) is 26.9. The number of hydrogen-bond donors (Lipinski definition) is 1. The fourth-order valence-corrected chi connectivity index (χ4v) is 5.16. The molecule has 1 aliphatic heterocycles. The molecule has 1 aromatic carbocycles. The average Bonchev–Trinajstić information content (AvgIpc) is 3.03. The quantitative estimate of drug-likeness (QED) is 0.685. The molecule has 1 aromatic heterocycles. The third-order valence-corrected chi connectivity index (χ3v) is 6.88. The standard InChI is InChI=1S/C20H19Cl2FN2O4/c21-13-2-1-3-14(22)16(13)17-12(18(29-24-17)20(23)4-5-20)9-28-15-7-11-6-10(15)8-25(11)19(26)27/h1-3,10-11,15H,4-9H2,(H,26,27)/t10-,11-,15+/m0/s1. The first kappa shape index (κ1) is 19.2. The molecule has 6 nitrogen and oxygen atoms in total. The van der Waals surface area contributed by atoms with Crippen LogP contribution in [0.15, 0.2) is 22.7 Å². The van der Waals surface area contributed by atoms with Crippen LogP contribution < -0.4 is 0 Å². The van der Waals surface area contributed by atoms with Gasteiger partial charge < -0.3 is 19.3 Å². The Bertz CT molecular complexity index is 957. The van der Waals surface area contributed by atoms with Crippen LogP contribution in [0.5, 0.6) is 0 Å². The predicted octanol–water partition coefficient (Wildman–Crippen LogP) is 5.26. The van der Waals surface area contributed by atoms with Crippen LogP contribution in [0.25, 0.3) is 11.3 Å². The highest BCUT2D eigenvalue weighted by atomic mass is 35.5. The van der Waals surface area contributed by atoms with E-state index in [1.54, 1.807) is 18.2 Å². The summed E-state index contributed by atoms with van der Waals surface area (Å²) < 4.78 is 26.4. The van der Waals surface area contributed by atoms with Crippen molar-refractivity contribution in [1.29, 1.82) is 0 Å². The second-order valence-electron chi connectivity index (χ2n) is 8.07. The van der Waals surface area contributed by atoms with Crippen molar-refractivity contribution in [1.82, 2.24) is 10.1 Å². The highest BCUT2D eigenvalue weighted by molar-refractivity contribution is 6.39. The van der Waals surface area contributed by atoms with Crippen LogP contribution in [0.3, 0.4) is 0 Å². The highest BCUT2D eigenvalue weighted by Gasteiger charge is 2.52. The lowest BCUT2D eigenvalue weighted by Crippen LogP contribution is -2.41. The molecule has 3 fully saturated rings. The van der Waals surface area contributed by atoms with E-state index in [1.165, 1.54) is 4.90 Å². The number of piperidine rings is 1. The Morgan fingerprint density at radius 2 is 2.07 bits per heavy atom. The third kappa shape index (κ3) is 3.20. The Balaban J connectivity index is 1.41. The summed E-state index contributed by atoms with van der Waals surface area (Å²) in [7, 11) is 0. The largest absolute Gasteiger partial charge is 0.465 e. The molecule has 5 rings (SSSR count). The van der Waals surface area contributed by atoms with Crippen LogP contribution in [0, 0.1) is 5.92 Å². The molecule has 0 radical (unpaired) electrons. The number of fused-ring (bicyclic) bond motifs is 2. The first-order valence-corrected chi connectivity index (χ1v) is 10.4. The Labute approximate surface area is 176 Å². The highest BCUT2D eigenvalue weighted by Crippen LogP contribution is 2.53. The molecule has 2 aromatic rings. The minimum absolute atomic E-state index is 0.0159. The number of carbonyl (C=O) groups is 1. The van der Waals surface area contributed by atoms with Gasteiger partial charge in [-0.1, -0.05) is 34.4 Å². The van der Waals surface area contributed by atoms with Gasteiger partial charge in [-0.15, -0.1) is 0 Å². The summed E-state index contributed by atoms with van der Waals surface area (Å²) >= 11 is 12.7. The SMILES string of the molecule is O=C(O)N1C[C@@H]2C[C@H]1C[C@H]2OCc1c(-c2c(Cl)cccc2Cl)noc1C1(F)CC1. The molecular formula is C20H19Cl2FN2O4. The maximum Gasteiger partial charge on any atom is 0.407 e. The molecule has 0 spiro atoms. The van der Waals surface area contributed by atoms with Gasteiger partial charge in [0.25, 0.3) is 0 Å². The van der Waals surface area contributed by atoms with Gasteiger partial charge in [-0.25, -0.2) is 9.18 Å². The molecule has 2 saturated carbocycles. The lowest BCUT2D eigenvalue weighted by molar-refractivity contribution is -0.00851. The maximum absolute atomic E-state index is 14.9. The Morgan fingerprint density at radius 1 is 1.34 bits per heavy atom. The van der Waals surface area contributed by atoms with E-state index in [9.17, 15) is 14.3 Å². The van der Waals surface area contributed by atoms with Crippen molar-refractivity contribution < 1.29 is 23.6 Å². The van der Waals surface area contributed by atoms with Crippen molar-refractivity contribution in [3.63, 3.8) is 0 Å². The number of alkyl halides is 1. The van der Waals surface area contributed by atoms with E-state index in [1.807, 2.05) is 0 Å². The van der Waals surface area contributed by atoms with Crippen LogP contribution in [-0.2, 0) is 17.0 Å². The molecule has 9 heteroatoms. The number of halogens is 3. The number of carboxylic acid groups (broad SMARTS) is 1. The van der Waals surface area contributed by atoms with Crippen molar-refractivity contribution in [2.24, 2.45) is 5.92 Å². The number of likely N-dealkylation sites (tertiary alicyclic amines) is 1. The minimum atomic E-state index is -1.52. The van der Waals surface area contributed by atoms with E-state index in [2.05, 4.69) is 5.16 Å². The smallest absolute Gasteiger partial charge is 0.407 e. The van der Waals surface area contributed by atoms with Crippen molar-refractivity contribution >= 4 is 29.3 Å². The molecule has 1 N–H and O–H groups in total. The van der Waals surface area contributed by atoms with E-state index in [0.717, 1.165) is 6.42 Å². The number of hydrogen-bond acceptors (Lipinski definition) is 4. The number of rotatable bonds is 5. The molecule has 3 aliphatic rings. The van der Waals surface area contributed by atoms with Gasteiger partial charge >= 0.3 is 6.09 Å². The lowest BCUT2D eigenvalue weighted by Gasteiger charge is -2.29. The van der Waals surface area contributed by atoms with Crippen LogP contribution in [0.4, 0.5) is 9.18 Å². The van der Waals surface area contributed by atoms with Gasteiger partial charge in [0, 0.05) is 24.1 Å². The van der Waals surface area contributed by atoms with Crippen LogP contribution in [-0.4, -0.2) is 39.9 Å². The number of nitrogens with zero attached hydrogens (tertiary/aromatic N) is 2. The molecule has 154 valence electrons. The van der Waals surface area contributed by atoms with Gasteiger partial charge in [0.05, 0.1) is 28.3 Å². The lowest BCUT2D eigenvalue weighted by atomic mass is 10.0. The van der Waals surface area contributed by atoms with Gasteiger partial charge in [0.15, 0.2) is 11.4 Å². The zero-order valence-corrected chi connectivity index (χ0v) is 16.9. The fourth-order valence-electron chi connectivity index (χ4n) is 4.59. The fraction of sp³-hybridized carbons (Fsp3) is 0.500. The summed E-state index contributed by atoms with van der Waals surface area (Å²) in [5, 5.41) is 14.1. The second-order valence-corrected chi connectivity index (χ2v) is 8.88. The summed E-state index contributed by atoms with van der Waals surface area (Å²) in [6.45, 7) is 0.583. The Morgan fingerprint density at radius 3 is 2.66 bits per heavy atom. The molecule has 3 atom stereocenters. The zero-order valence-electron chi connectivity index (χ0n) is 15.4. The van der Waals surface area contributed by atoms with Crippen molar-refractivity contribution in [3.8, 4) is 11.3 Å². The number of amides is 1. The molecular weight excluding hydrogens is 422 g/mol. The zero-order chi connectivity index (χ0) is 20.3. The van der Waals surface area contributed by atoms with E-state index >= 15 is 0 Å². The van der Waals surface area contributed by atoms with Gasteiger partial charge in [0.1, 0.15) is 5.69 Å². The summed E-state index contributed by atoms with van der Waals surface area (Å²) in [5.41, 5.74) is -0.0988. The Kier molecular flexibility index (Phi) is 4.53. The number of aromatic nitrogens is 1. The van der Waals surface area contributed by atoms with Crippen LogP contribution in [0.2, 0.25) is 10.0 Å². The van der Waals surface area contributed by atoms with Crippen molar-refractivity contribution in [2.45, 2.75) is 50.1 Å². The summed E-state index contributed by atoms with van der Waals surface area (Å²) in [6, 6.07) is 5.10. The first-order chi connectivity index (χ1) is 13.9. The molecule has 1 saturated heterocycles. The first-order valence-electron chi connectivity index (χ1n) is 9.61. The third-order valence-electron chi connectivity index (χ3n) is 6.25. The summed E-state index contributed by atoms with van der Waals surface area (Å²) in [4.78, 5) is 12.7. The molecule has 0 unspecified atom stereocenters. The van der Waals surface area contributed by atoms with Gasteiger partial charge in [0.2, 0.25) is 0 Å². The molecule has 2 heterocycles. The topological polar surface area (TPSA) is 75.8 Å². The van der Waals surface area contributed by atoms with Gasteiger partial charge in [-0.2, -0.15) is 0 Å². The summed E-state index contributed by atoms with van der Waals surface area (Å²) in [6.07, 6.45) is 1.23. The molecule has 29 heavy (non-hydrogen) atoms. The Hall–Kier alpha value is -1.83. The number of ether oxygens (including phenoxy) is 1. The maximum atomic E-state index is 14.9. The van der Waals surface area contributed by atoms with Crippen LogP contribution in [0.1, 0.15) is 37.0 Å². The predicted molar refractivity (Wildman–Crippen MR) is 104 cm³/mol.